The molecule has 2 unspecified atom stereocenters. The highest BCUT2D eigenvalue weighted by Gasteiger charge is 2.44. The minimum atomic E-state index is -0.696. The summed E-state index contributed by atoms with van der Waals surface area (Å²) in [6, 6.07) is 6.63. The fourth-order valence-corrected chi connectivity index (χ4v) is 4.25. The quantitative estimate of drug-likeness (QED) is 0.790. The van der Waals surface area contributed by atoms with Gasteiger partial charge < -0.3 is 15.0 Å². The predicted octanol–water partition coefficient (Wildman–Crippen LogP) is 1.94. The highest BCUT2D eigenvalue weighted by molar-refractivity contribution is 6.00. The van der Waals surface area contributed by atoms with E-state index in [1.807, 2.05) is 12.1 Å². The number of hydrogen-bond donors (Lipinski definition) is 1. The van der Waals surface area contributed by atoms with Crippen molar-refractivity contribution in [2.24, 2.45) is 0 Å². The lowest BCUT2D eigenvalue weighted by Gasteiger charge is -2.37. The Morgan fingerprint density at radius 2 is 2.10 bits per heavy atom. The molecule has 8 nitrogen and oxygen atoms in total. The average molecular weight is 422 g/mol. The van der Waals surface area contributed by atoms with E-state index in [0.717, 1.165) is 5.69 Å². The van der Waals surface area contributed by atoms with Crippen LogP contribution in [0, 0.1) is 0 Å². The van der Waals surface area contributed by atoms with Crippen LogP contribution in [0.4, 0.5) is 0 Å². The van der Waals surface area contributed by atoms with Crippen molar-refractivity contribution in [3.63, 3.8) is 0 Å². The van der Waals surface area contributed by atoms with E-state index < -0.39 is 11.6 Å². The van der Waals surface area contributed by atoms with E-state index in [1.54, 1.807) is 42.5 Å². The lowest BCUT2D eigenvalue weighted by atomic mass is 9.84. The Morgan fingerprint density at radius 1 is 1.26 bits per heavy atom. The molecule has 2 amide bonds. The molecule has 1 aromatic heterocycles. The van der Waals surface area contributed by atoms with Crippen LogP contribution in [0.25, 0.3) is 0 Å². The van der Waals surface area contributed by atoms with E-state index in [2.05, 4.69) is 15.3 Å². The van der Waals surface area contributed by atoms with E-state index in [1.165, 1.54) is 0 Å². The molecule has 4 rings (SSSR count). The van der Waals surface area contributed by atoms with Crippen molar-refractivity contribution in [2.45, 2.75) is 50.7 Å². The van der Waals surface area contributed by atoms with Gasteiger partial charge in [-0.05, 0) is 25.5 Å². The maximum atomic E-state index is 12.8. The van der Waals surface area contributed by atoms with Crippen molar-refractivity contribution < 1.29 is 19.1 Å². The molecule has 0 bridgehead atoms. The van der Waals surface area contributed by atoms with Gasteiger partial charge in [0, 0.05) is 50.9 Å². The highest BCUT2D eigenvalue weighted by atomic mass is 16.5. The number of amides is 2. The number of carbonyl (C=O) groups is 3. The summed E-state index contributed by atoms with van der Waals surface area (Å²) in [7, 11) is 0. The van der Waals surface area contributed by atoms with Crippen molar-refractivity contribution in [1.82, 2.24) is 20.2 Å². The van der Waals surface area contributed by atoms with Crippen LogP contribution in [0.5, 0.6) is 5.75 Å². The molecule has 1 spiro atoms. The number of ether oxygens (including phenoxy) is 1. The molecule has 0 saturated carbocycles. The van der Waals surface area contributed by atoms with Gasteiger partial charge in [0.15, 0.2) is 5.78 Å². The van der Waals surface area contributed by atoms with Gasteiger partial charge in [-0.3, -0.25) is 24.4 Å². The van der Waals surface area contributed by atoms with Gasteiger partial charge in [-0.15, -0.1) is 0 Å². The monoisotopic (exact) mass is 422 g/mol. The van der Waals surface area contributed by atoms with Crippen molar-refractivity contribution in [2.75, 3.05) is 13.1 Å². The second-order valence-corrected chi connectivity index (χ2v) is 8.13. The van der Waals surface area contributed by atoms with Crippen molar-refractivity contribution >= 4 is 17.6 Å². The SMILES string of the molecule is CC(C(=O)NCCc1cnccn1)N1CCC2(CCC1=O)CC(=O)c1ccccc1O2. The molecular formula is C23H26N4O4. The second kappa shape index (κ2) is 8.83. The predicted molar refractivity (Wildman–Crippen MR) is 113 cm³/mol. The van der Waals surface area contributed by atoms with E-state index >= 15 is 0 Å². The summed E-state index contributed by atoms with van der Waals surface area (Å²) in [4.78, 5) is 47.9. The van der Waals surface area contributed by atoms with Crippen molar-refractivity contribution in [1.29, 1.82) is 0 Å². The van der Waals surface area contributed by atoms with E-state index in [9.17, 15) is 14.4 Å². The van der Waals surface area contributed by atoms with Crippen LogP contribution in [0.3, 0.4) is 0 Å². The van der Waals surface area contributed by atoms with E-state index in [4.69, 9.17) is 4.74 Å². The van der Waals surface area contributed by atoms with Crippen molar-refractivity contribution in [3.8, 4) is 5.75 Å². The van der Waals surface area contributed by atoms with Crippen LogP contribution >= 0.6 is 0 Å². The summed E-state index contributed by atoms with van der Waals surface area (Å²) in [6.07, 6.45) is 6.91. The third-order valence-corrected chi connectivity index (χ3v) is 6.06. The van der Waals surface area contributed by atoms with Crippen LogP contribution in [-0.4, -0.2) is 57.2 Å². The summed E-state index contributed by atoms with van der Waals surface area (Å²) < 4.78 is 6.25. The number of rotatable bonds is 5. The van der Waals surface area contributed by atoms with Crippen LogP contribution in [0.1, 0.15) is 48.7 Å². The van der Waals surface area contributed by atoms with Crippen LogP contribution in [0.2, 0.25) is 0 Å². The molecule has 1 aromatic carbocycles. The van der Waals surface area contributed by atoms with E-state index in [-0.39, 0.29) is 30.4 Å². The zero-order valence-electron chi connectivity index (χ0n) is 17.5. The first-order valence-corrected chi connectivity index (χ1v) is 10.6. The highest BCUT2D eigenvalue weighted by Crippen LogP contribution is 2.39. The number of hydrogen-bond acceptors (Lipinski definition) is 6. The Labute approximate surface area is 181 Å². The van der Waals surface area contributed by atoms with Gasteiger partial charge in [-0.2, -0.15) is 0 Å². The normalized spacial score (nSPS) is 21.8. The molecule has 0 aliphatic carbocycles. The zero-order valence-corrected chi connectivity index (χ0v) is 17.5. The smallest absolute Gasteiger partial charge is 0.242 e. The fourth-order valence-electron chi connectivity index (χ4n) is 4.25. The lowest BCUT2D eigenvalue weighted by Crippen LogP contribution is -2.49. The summed E-state index contributed by atoms with van der Waals surface area (Å²) in [5, 5.41) is 2.87. The number of benzene rings is 1. The van der Waals surface area contributed by atoms with Gasteiger partial charge in [-0.1, -0.05) is 12.1 Å². The van der Waals surface area contributed by atoms with Gasteiger partial charge in [0.2, 0.25) is 11.8 Å². The Bertz CT molecular complexity index is 981. The molecule has 1 N–H and O–H groups in total. The largest absolute Gasteiger partial charge is 0.486 e. The number of ketones is 1. The zero-order chi connectivity index (χ0) is 21.8. The summed E-state index contributed by atoms with van der Waals surface area (Å²) in [5.74, 6) is 0.314. The number of para-hydroxylation sites is 1. The minimum Gasteiger partial charge on any atom is -0.486 e. The van der Waals surface area contributed by atoms with Gasteiger partial charge in [0.25, 0.3) is 0 Å². The number of Topliss-reactive ketones (excluding diaryl/α,β-unsaturated/α-hetero) is 1. The van der Waals surface area contributed by atoms with Crippen LogP contribution < -0.4 is 10.1 Å². The molecule has 2 aliphatic rings. The molecule has 2 atom stereocenters. The Hall–Kier alpha value is -3.29. The molecule has 0 radical (unpaired) electrons. The molecule has 3 heterocycles. The van der Waals surface area contributed by atoms with Gasteiger partial charge in [0.1, 0.15) is 17.4 Å². The minimum absolute atomic E-state index is 0.0394. The Kier molecular flexibility index (Phi) is 5.97. The second-order valence-electron chi connectivity index (χ2n) is 8.13. The number of carbonyl (C=O) groups excluding carboxylic acids is 3. The third kappa shape index (κ3) is 4.57. The van der Waals surface area contributed by atoms with Crippen LogP contribution in [0.15, 0.2) is 42.9 Å². The molecular weight excluding hydrogens is 396 g/mol. The summed E-state index contributed by atoms with van der Waals surface area (Å²) in [5.41, 5.74) is 0.692. The van der Waals surface area contributed by atoms with E-state index in [0.29, 0.717) is 43.7 Å². The third-order valence-electron chi connectivity index (χ3n) is 6.06. The van der Waals surface area contributed by atoms with Gasteiger partial charge in [0.05, 0.1) is 17.7 Å². The molecule has 1 saturated heterocycles. The van der Waals surface area contributed by atoms with Crippen molar-refractivity contribution in [3.05, 3.63) is 54.1 Å². The number of likely N-dealkylation sites (tertiary alicyclic amines) is 1. The summed E-state index contributed by atoms with van der Waals surface area (Å²) in [6.45, 7) is 2.52. The maximum absolute atomic E-state index is 12.8. The first kappa shape index (κ1) is 21.0. The molecule has 1 fully saturated rings. The first-order valence-electron chi connectivity index (χ1n) is 10.6. The first-order chi connectivity index (χ1) is 15.0. The Balaban J connectivity index is 1.37. The van der Waals surface area contributed by atoms with Crippen LogP contribution in [-0.2, 0) is 16.0 Å². The molecule has 2 aromatic rings. The lowest BCUT2D eigenvalue weighted by molar-refractivity contribution is -0.139. The van der Waals surface area contributed by atoms with Gasteiger partial charge in [-0.25, -0.2) is 0 Å². The number of fused-ring (bicyclic) bond motifs is 1. The van der Waals surface area contributed by atoms with Gasteiger partial charge >= 0.3 is 0 Å². The number of aromatic nitrogens is 2. The standard InChI is InChI=1S/C23H26N4O4/c1-16(22(30)26-10-7-17-15-24-11-12-25-17)27-13-9-23(8-6-21(27)29)14-19(28)18-4-2-3-5-20(18)31-23/h2-5,11-12,15-16H,6-10,13-14H2,1H3,(H,26,30). The summed E-state index contributed by atoms with van der Waals surface area (Å²) >= 11 is 0. The average Bonchev–Trinajstić information content (AvgIpc) is 2.93. The number of nitrogens with zero attached hydrogens (tertiary/aromatic N) is 3. The topological polar surface area (TPSA) is 101 Å². The maximum Gasteiger partial charge on any atom is 0.242 e. The molecule has 8 heteroatoms. The Morgan fingerprint density at radius 3 is 2.90 bits per heavy atom. The fraction of sp³-hybridized carbons (Fsp3) is 0.435. The molecule has 2 aliphatic heterocycles. The molecule has 31 heavy (non-hydrogen) atoms. The number of nitrogens with one attached hydrogen (secondary N) is 1. The molecule has 162 valence electrons.